The highest BCUT2D eigenvalue weighted by Gasteiger charge is 2.11. The Bertz CT molecular complexity index is 477. The van der Waals surface area contributed by atoms with Gasteiger partial charge in [0.15, 0.2) is 0 Å². The number of amides is 1. The summed E-state index contributed by atoms with van der Waals surface area (Å²) in [5.74, 6) is -1.18. The maximum absolute atomic E-state index is 11.8. The molecule has 0 fully saturated rings. The van der Waals surface area contributed by atoms with Crippen LogP contribution in [0, 0.1) is 0 Å². The van der Waals surface area contributed by atoms with E-state index in [1.54, 1.807) is 6.07 Å². The third kappa shape index (κ3) is 5.40. The zero-order valence-corrected chi connectivity index (χ0v) is 12.5. The highest BCUT2D eigenvalue weighted by molar-refractivity contribution is 9.10. The van der Waals surface area contributed by atoms with Crippen LogP contribution in [0.1, 0.15) is 30.6 Å². The van der Waals surface area contributed by atoms with Crippen LogP contribution in [0.3, 0.4) is 0 Å². The van der Waals surface area contributed by atoms with Crippen LogP contribution >= 0.6 is 15.9 Å². The standard InChI is InChI=1S/C13H17BrN2O3/c1-3-15-8(2)4-12(17)16-11-6-9(13(18)19)5-10(14)7-11/h5-8,15H,3-4H2,1-2H3,(H,16,17)(H,18,19). The second-order valence-corrected chi connectivity index (χ2v) is 5.16. The van der Waals surface area contributed by atoms with Gasteiger partial charge in [-0.2, -0.15) is 0 Å². The van der Waals surface area contributed by atoms with Crippen molar-refractivity contribution in [2.75, 3.05) is 11.9 Å². The van der Waals surface area contributed by atoms with Gasteiger partial charge in [0.25, 0.3) is 0 Å². The number of carboxylic acid groups (broad SMARTS) is 1. The van der Waals surface area contributed by atoms with Crippen LogP contribution < -0.4 is 10.6 Å². The van der Waals surface area contributed by atoms with E-state index in [1.165, 1.54) is 12.1 Å². The third-order valence-electron chi connectivity index (χ3n) is 2.47. The maximum atomic E-state index is 11.8. The summed E-state index contributed by atoms with van der Waals surface area (Å²) < 4.78 is 0.613. The molecule has 0 heterocycles. The predicted octanol–water partition coefficient (Wildman–Crippen LogP) is 2.47. The number of aromatic carboxylic acids is 1. The van der Waals surface area contributed by atoms with E-state index in [9.17, 15) is 9.59 Å². The molecule has 1 unspecified atom stereocenters. The summed E-state index contributed by atoms with van der Waals surface area (Å²) in [4.78, 5) is 22.7. The fourth-order valence-electron chi connectivity index (χ4n) is 1.70. The first-order valence-corrected chi connectivity index (χ1v) is 6.78. The summed E-state index contributed by atoms with van der Waals surface area (Å²) in [6.07, 6.45) is 0.336. The van der Waals surface area contributed by atoms with E-state index in [4.69, 9.17) is 5.11 Å². The van der Waals surface area contributed by atoms with Gasteiger partial charge < -0.3 is 15.7 Å². The lowest BCUT2D eigenvalue weighted by atomic mass is 10.2. The number of rotatable bonds is 6. The van der Waals surface area contributed by atoms with Gasteiger partial charge in [0.1, 0.15) is 0 Å². The van der Waals surface area contributed by atoms with E-state index in [0.29, 0.717) is 16.6 Å². The van der Waals surface area contributed by atoms with Crippen LogP contribution in [0.2, 0.25) is 0 Å². The summed E-state index contributed by atoms with van der Waals surface area (Å²) in [6.45, 7) is 4.70. The smallest absolute Gasteiger partial charge is 0.335 e. The monoisotopic (exact) mass is 328 g/mol. The minimum atomic E-state index is -1.03. The Kier molecular flexibility index (Phi) is 5.98. The van der Waals surface area contributed by atoms with Crippen LogP contribution in [-0.4, -0.2) is 29.6 Å². The van der Waals surface area contributed by atoms with Gasteiger partial charge in [-0.3, -0.25) is 4.79 Å². The molecule has 0 radical (unpaired) electrons. The van der Waals surface area contributed by atoms with Crippen molar-refractivity contribution in [2.24, 2.45) is 0 Å². The molecule has 0 aliphatic rings. The molecule has 0 saturated heterocycles. The lowest BCUT2D eigenvalue weighted by Gasteiger charge is -2.12. The fraction of sp³-hybridized carbons (Fsp3) is 0.385. The van der Waals surface area contributed by atoms with Gasteiger partial charge >= 0.3 is 5.97 Å². The highest BCUT2D eigenvalue weighted by Crippen LogP contribution is 2.20. The van der Waals surface area contributed by atoms with Crippen molar-refractivity contribution in [3.05, 3.63) is 28.2 Å². The van der Waals surface area contributed by atoms with E-state index in [1.807, 2.05) is 13.8 Å². The van der Waals surface area contributed by atoms with Crippen LogP contribution in [0.15, 0.2) is 22.7 Å². The molecule has 1 atom stereocenters. The molecule has 0 bridgehead atoms. The van der Waals surface area contributed by atoms with Crippen LogP contribution in [0.4, 0.5) is 5.69 Å². The second kappa shape index (κ2) is 7.25. The number of carbonyl (C=O) groups excluding carboxylic acids is 1. The molecule has 3 N–H and O–H groups in total. The highest BCUT2D eigenvalue weighted by atomic mass is 79.9. The van der Waals surface area contributed by atoms with Gasteiger partial charge in [-0.05, 0) is 31.7 Å². The Labute approximate surface area is 120 Å². The van der Waals surface area contributed by atoms with Crippen molar-refractivity contribution >= 4 is 33.5 Å². The van der Waals surface area contributed by atoms with E-state index in [2.05, 4.69) is 26.6 Å². The number of hydrogen-bond acceptors (Lipinski definition) is 3. The molecule has 104 valence electrons. The summed E-state index contributed by atoms with van der Waals surface area (Å²) in [6, 6.07) is 4.67. The van der Waals surface area contributed by atoms with Crippen molar-refractivity contribution in [1.29, 1.82) is 0 Å². The molecule has 1 aromatic rings. The first-order valence-electron chi connectivity index (χ1n) is 5.99. The molecular weight excluding hydrogens is 312 g/mol. The molecule has 19 heavy (non-hydrogen) atoms. The Morgan fingerprint density at radius 1 is 1.37 bits per heavy atom. The normalized spacial score (nSPS) is 11.9. The summed E-state index contributed by atoms with van der Waals surface area (Å²) in [5, 5.41) is 14.8. The van der Waals surface area contributed by atoms with Gasteiger partial charge in [-0.25, -0.2) is 4.79 Å². The van der Waals surface area contributed by atoms with Crippen molar-refractivity contribution in [1.82, 2.24) is 5.32 Å². The fourth-order valence-corrected chi connectivity index (χ4v) is 2.19. The van der Waals surface area contributed by atoms with Crippen molar-refractivity contribution in [3.8, 4) is 0 Å². The number of carboxylic acids is 1. The number of hydrogen-bond donors (Lipinski definition) is 3. The van der Waals surface area contributed by atoms with E-state index in [0.717, 1.165) is 6.54 Å². The summed E-state index contributed by atoms with van der Waals surface area (Å²) in [7, 11) is 0. The lowest BCUT2D eigenvalue weighted by molar-refractivity contribution is -0.116. The first-order chi connectivity index (χ1) is 8.92. The Morgan fingerprint density at radius 2 is 2.05 bits per heavy atom. The Balaban J connectivity index is 2.71. The second-order valence-electron chi connectivity index (χ2n) is 4.24. The molecule has 6 heteroatoms. The average molecular weight is 329 g/mol. The quantitative estimate of drug-likeness (QED) is 0.749. The average Bonchev–Trinajstić information content (AvgIpc) is 2.27. The zero-order chi connectivity index (χ0) is 14.4. The van der Waals surface area contributed by atoms with E-state index in [-0.39, 0.29) is 17.5 Å². The Morgan fingerprint density at radius 3 is 2.63 bits per heavy atom. The molecule has 0 aliphatic carbocycles. The molecule has 0 aromatic heterocycles. The van der Waals surface area contributed by atoms with Gasteiger partial charge in [0.05, 0.1) is 5.56 Å². The van der Waals surface area contributed by atoms with Crippen molar-refractivity contribution in [3.63, 3.8) is 0 Å². The number of benzene rings is 1. The number of nitrogens with one attached hydrogen (secondary N) is 2. The molecule has 0 saturated carbocycles. The van der Waals surface area contributed by atoms with Gasteiger partial charge in [-0.15, -0.1) is 0 Å². The molecule has 0 spiro atoms. The number of anilines is 1. The molecule has 1 rings (SSSR count). The minimum Gasteiger partial charge on any atom is -0.478 e. The van der Waals surface area contributed by atoms with Gasteiger partial charge in [0.2, 0.25) is 5.91 Å². The zero-order valence-electron chi connectivity index (χ0n) is 10.9. The molecular formula is C13H17BrN2O3. The van der Waals surface area contributed by atoms with E-state index < -0.39 is 5.97 Å². The minimum absolute atomic E-state index is 0.0797. The van der Waals surface area contributed by atoms with Crippen LogP contribution in [0.25, 0.3) is 0 Å². The SMILES string of the molecule is CCNC(C)CC(=O)Nc1cc(Br)cc(C(=O)O)c1. The topological polar surface area (TPSA) is 78.4 Å². The number of carbonyl (C=O) groups is 2. The molecule has 5 nitrogen and oxygen atoms in total. The van der Waals surface area contributed by atoms with Gasteiger partial charge in [-0.1, -0.05) is 22.9 Å². The van der Waals surface area contributed by atoms with E-state index >= 15 is 0 Å². The van der Waals surface area contributed by atoms with Gasteiger partial charge in [0, 0.05) is 22.6 Å². The summed E-state index contributed by atoms with van der Waals surface area (Å²) >= 11 is 3.22. The van der Waals surface area contributed by atoms with Crippen LogP contribution in [-0.2, 0) is 4.79 Å². The Hall–Kier alpha value is -1.40. The van der Waals surface area contributed by atoms with Crippen LogP contribution in [0.5, 0.6) is 0 Å². The number of halogens is 1. The first kappa shape index (κ1) is 15.7. The molecule has 0 aliphatic heterocycles. The summed E-state index contributed by atoms with van der Waals surface area (Å²) in [5.41, 5.74) is 0.602. The lowest BCUT2D eigenvalue weighted by Crippen LogP contribution is -2.30. The molecule has 1 amide bonds. The molecule has 1 aromatic carbocycles. The maximum Gasteiger partial charge on any atom is 0.335 e. The van der Waals surface area contributed by atoms with Crippen molar-refractivity contribution < 1.29 is 14.7 Å². The largest absolute Gasteiger partial charge is 0.478 e. The van der Waals surface area contributed by atoms with Crippen molar-refractivity contribution in [2.45, 2.75) is 26.3 Å². The third-order valence-corrected chi connectivity index (χ3v) is 2.93. The predicted molar refractivity (Wildman–Crippen MR) is 77.5 cm³/mol.